The molecule has 0 aliphatic heterocycles. The maximum Gasteiger partial charge on any atom is 0.205 e. The van der Waals surface area contributed by atoms with E-state index in [2.05, 4.69) is 21.8 Å². The van der Waals surface area contributed by atoms with E-state index in [1.807, 2.05) is 47.9 Å². The minimum absolute atomic E-state index is 0.613. The van der Waals surface area contributed by atoms with Crippen LogP contribution in [0, 0.1) is 6.92 Å². The Morgan fingerprint density at radius 2 is 2.09 bits per heavy atom. The van der Waals surface area contributed by atoms with Crippen LogP contribution in [0.15, 0.2) is 58.8 Å². The smallest absolute Gasteiger partial charge is 0.205 e. The lowest BCUT2D eigenvalue weighted by Gasteiger charge is -2.03. The monoisotopic (exact) mass is 312 g/mol. The fourth-order valence-electron chi connectivity index (χ4n) is 2.05. The van der Waals surface area contributed by atoms with E-state index in [-0.39, 0.29) is 0 Å². The summed E-state index contributed by atoms with van der Waals surface area (Å²) in [5, 5.41) is 9.11. The molecule has 0 saturated heterocycles. The minimum Gasteiger partial charge on any atom is -0.440 e. The zero-order chi connectivity index (χ0) is 15.4. The standard InChI is InChI=1S/C16H16N4OS/c1-3-9-20-12(2)18-19-16(20)22-11-15-17-10-14(21-15)13-7-5-4-6-8-13/h3-8,10H,1,9,11H2,2H3. The molecule has 0 aliphatic rings. The highest BCUT2D eigenvalue weighted by Crippen LogP contribution is 2.25. The summed E-state index contributed by atoms with van der Waals surface area (Å²) in [4.78, 5) is 4.32. The van der Waals surface area contributed by atoms with E-state index in [1.165, 1.54) is 0 Å². The summed E-state index contributed by atoms with van der Waals surface area (Å²) in [7, 11) is 0. The van der Waals surface area contributed by atoms with Gasteiger partial charge in [-0.15, -0.1) is 16.8 Å². The van der Waals surface area contributed by atoms with Gasteiger partial charge in [-0.05, 0) is 6.92 Å². The van der Waals surface area contributed by atoms with Crippen LogP contribution in [0.1, 0.15) is 11.7 Å². The second-order valence-corrected chi connectivity index (χ2v) is 5.64. The molecule has 0 spiro atoms. The third-order valence-corrected chi connectivity index (χ3v) is 4.10. The fraction of sp³-hybridized carbons (Fsp3) is 0.188. The van der Waals surface area contributed by atoms with Crippen LogP contribution >= 0.6 is 11.8 Å². The lowest BCUT2D eigenvalue weighted by Crippen LogP contribution is -2.00. The van der Waals surface area contributed by atoms with Crippen LogP contribution in [-0.4, -0.2) is 19.7 Å². The van der Waals surface area contributed by atoms with Crippen LogP contribution in [0.4, 0.5) is 0 Å². The van der Waals surface area contributed by atoms with E-state index in [0.29, 0.717) is 18.2 Å². The first-order chi connectivity index (χ1) is 10.8. The molecule has 0 amide bonds. The summed E-state index contributed by atoms with van der Waals surface area (Å²) in [5.74, 6) is 2.94. The molecule has 0 aliphatic carbocycles. The first kappa shape index (κ1) is 14.6. The predicted octanol–water partition coefficient (Wildman–Crippen LogP) is 3.72. The number of hydrogen-bond acceptors (Lipinski definition) is 5. The van der Waals surface area contributed by atoms with Crippen molar-refractivity contribution >= 4 is 11.8 Å². The van der Waals surface area contributed by atoms with Crippen LogP contribution in [-0.2, 0) is 12.3 Å². The average molecular weight is 312 g/mol. The molecule has 3 rings (SSSR count). The molecule has 112 valence electrons. The highest BCUT2D eigenvalue weighted by Gasteiger charge is 2.11. The molecule has 5 nitrogen and oxygen atoms in total. The van der Waals surface area contributed by atoms with Gasteiger partial charge in [0.25, 0.3) is 0 Å². The Hall–Kier alpha value is -2.34. The number of allylic oxidation sites excluding steroid dienone is 1. The van der Waals surface area contributed by atoms with Crippen LogP contribution in [0.5, 0.6) is 0 Å². The number of hydrogen-bond donors (Lipinski definition) is 0. The Labute approximate surface area is 133 Å². The predicted molar refractivity (Wildman–Crippen MR) is 86.5 cm³/mol. The average Bonchev–Trinajstić information content (AvgIpc) is 3.15. The van der Waals surface area contributed by atoms with Crippen molar-refractivity contribution in [1.82, 2.24) is 19.7 Å². The highest BCUT2D eigenvalue weighted by atomic mass is 32.2. The molecule has 2 aromatic heterocycles. The van der Waals surface area contributed by atoms with Crippen molar-refractivity contribution in [2.45, 2.75) is 24.4 Å². The Balaban J connectivity index is 1.70. The quantitative estimate of drug-likeness (QED) is 0.513. The topological polar surface area (TPSA) is 56.7 Å². The van der Waals surface area contributed by atoms with Crippen LogP contribution < -0.4 is 0 Å². The van der Waals surface area contributed by atoms with Gasteiger partial charge in [0.1, 0.15) is 5.82 Å². The Morgan fingerprint density at radius 3 is 2.86 bits per heavy atom. The van der Waals surface area contributed by atoms with Crippen molar-refractivity contribution in [3.05, 3.63) is 60.9 Å². The molecular formula is C16H16N4OS. The van der Waals surface area contributed by atoms with Crippen molar-refractivity contribution in [2.24, 2.45) is 0 Å². The van der Waals surface area contributed by atoms with Crippen LogP contribution in [0.25, 0.3) is 11.3 Å². The molecule has 0 radical (unpaired) electrons. The molecule has 0 atom stereocenters. The van der Waals surface area contributed by atoms with E-state index < -0.39 is 0 Å². The summed E-state index contributed by atoms with van der Waals surface area (Å²) >= 11 is 1.55. The zero-order valence-corrected chi connectivity index (χ0v) is 13.1. The Morgan fingerprint density at radius 1 is 1.27 bits per heavy atom. The van der Waals surface area contributed by atoms with E-state index >= 15 is 0 Å². The molecule has 0 bridgehead atoms. The molecule has 22 heavy (non-hydrogen) atoms. The van der Waals surface area contributed by atoms with Gasteiger partial charge in [0.05, 0.1) is 11.9 Å². The highest BCUT2D eigenvalue weighted by molar-refractivity contribution is 7.98. The van der Waals surface area contributed by atoms with E-state index in [4.69, 9.17) is 4.42 Å². The molecule has 3 aromatic rings. The molecular weight excluding hydrogens is 296 g/mol. The summed E-state index contributed by atoms with van der Waals surface area (Å²) in [6.07, 6.45) is 3.59. The first-order valence-corrected chi connectivity index (χ1v) is 7.90. The molecule has 6 heteroatoms. The van der Waals surface area contributed by atoms with E-state index in [9.17, 15) is 0 Å². The van der Waals surface area contributed by atoms with Gasteiger partial charge in [-0.25, -0.2) is 4.98 Å². The van der Waals surface area contributed by atoms with Crippen molar-refractivity contribution < 1.29 is 4.42 Å². The van der Waals surface area contributed by atoms with Crippen LogP contribution in [0.2, 0.25) is 0 Å². The number of thioether (sulfide) groups is 1. The van der Waals surface area contributed by atoms with E-state index in [1.54, 1.807) is 18.0 Å². The number of aryl methyl sites for hydroxylation is 1. The summed E-state index contributed by atoms with van der Waals surface area (Å²) in [5.41, 5.74) is 1.02. The molecule has 0 N–H and O–H groups in total. The third-order valence-electron chi connectivity index (χ3n) is 3.15. The largest absolute Gasteiger partial charge is 0.440 e. The third kappa shape index (κ3) is 3.12. The number of aromatic nitrogens is 4. The number of nitrogens with zero attached hydrogens (tertiary/aromatic N) is 4. The van der Waals surface area contributed by atoms with E-state index in [0.717, 1.165) is 22.3 Å². The van der Waals surface area contributed by atoms with Crippen molar-refractivity contribution in [1.29, 1.82) is 0 Å². The molecule has 0 unspecified atom stereocenters. The van der Waals surface area contributed by atoms with Gasteiger partial charge in [0.15, 0.2) is 10.9 Å². The van der Waals surface area contributed by atoms with Gasteiger partial charge in [-0.3, -0.25) is 0 Å². The van der Waals surface area contributed by atoms with Crippen molar-refractivity contribution in [3.63, 3.8) is 0 Å². The number of rotatable bonds is 6. The van der Waals surface area contributed by atoms with Gasteiger partial charge >= 0.3 is 0 Å². The maximum atomic E-state index is 5.79. The second-order valence-electron chi connectivity index (χ2n) is 4.70. The van der Waals surface area contributed by atoms with Gasteiger partial charge in [0, 0.05) is 12.1 Å². The SMILES string of the molecule is C=CCn1c(C)nnc1SCc1ncc(-c2ccccc2)o1. The molecule has 0 fully saturated rings. The summed E-state index contributed by atoms with van der Waals surface area (Å²) in [6.45, 7) is 6.38. The normalized spacial score (nSPS) is 10.8. The van der Waals surface area contributed by atoms with Gasteiger partial charge in [0.2, 0.25) is 5.89 Å². The first-order valence-electron chi connectivity index (χ1n) is 6.91. The lowest BCUT2D eigenvalue weighted by atomic mass is 10.2. The molecule has 0 saturated carbocycles. The maximum absolute atomic E-state index is 5.79. The molecule has 1 aromatic carbocycles. The Bertz CT molecular complexity index is 764. The van der Waals surface area contributed by atoms with Crippen molar-refractivity contribution in [2.75, 3.05) is 0 Å². The summed E-state index contributed by atoms with van der Waals surface area (Å²) in [6, 6.07) is 9.94. The van der Waals surface area contributed by atoms with Gasteiger partial charge < -0.3 is 8.98 Å². The number of benzene rings is 1. The molecule has 2 heterocycles. The fourth-order valence-corrected chi connectivity index (χ4v) is 2.89. The second kappa shape index (κ2) is 6.62. The lowest BCUT2D eigenvalue weighted by molar-refractivity contribution is 0.529. The van der Waals surface area contributed by atoms with Crippen LogP contribution in [0.3, 0.4) is 0 Å². The summed E-state index contributed by atoms with van der Waals surface area (Å²) < 4.78 is 7.80. The zero-order valence-electron chi connectivity index (χ0n) is 12.3. The van der Waals surface area contributed by atoms with Crippen molar-refractivity contribution in [3.8, 4) is 11.3 Å². The Kier molecular flexibility index (Phi) is 4.39. The van der Waals surface area contributed by atoms with Gasteiger partial charge in [-0.1, -0.05) is 48.2 Å². The number of oxazole rings is 1. The van der Waals surface area contributed by atoms with Gasteiger partial charge in [-0.2, -0.15) is 0 Å². The minimum atomic E-state index is 0.613.